The smallest absolute Gasteiger partial charge is 0.253 e. The average Bonchev–Trinajstić information content (AvgIpc) is 2.85. The molecule has 1 aromatic heterocycles. The van der Waals surface area contributed by atoms with Crippen LogP contribution in [0.3, 0.4) is 0 Å². The lowest BCUT2D eigenvalue weighted by atomic mass is 10.1. The first-order valence-electron chi connectivity index (χ1n) is 6.13. The van der Waals surface area contributed by atoms with Crippen LogP contribution in [0.4, 0.5) is 0 Å². The fourth-order valence-electron chi connectivity index (χ4n) is 2.37. The van der Waals surface area contributed by atoms with Gasteiger partial charge in [0.1, 0.15) is 5.75 Å². The van der Waals surface area contributed by atoms with Crippen LogP contribution in [-0.4, -0.2) is 33.5 Å². The highest BCUT2D eigenvalue weighted by Gasteiger charge is 2.33. The number of nitrogens with zero attached hydrogens (tertiary/aromatic N) is 1. The number of aromatic hydroxyl groups is 1. The molecule has 0 aromatic carbocycles. The summed E-state index contributed by atoms with van der Waals surface area (Å²) in [5, 5.41) is 12.2. The Morgan fingerprint density at radius 3 is 2.83 bits per heavy atom. The van der Waals surface area contributed by atoms with Gasteiger partial charge < -0.3 is 10.4 Å². The molecule has 0 radical (unpaired) electrons. The molecule has 1 aliphatic rings. The minimum atomic E-state index is -0.168. The molecule has 0 unspecified atom stereocenters. The SMILES string of the molecule is CSC1(CNC(=O)c2cncc(O)c2)CCCC1. The van der Waals surface area contributed by atoms with Gasteiger partial charge in [0.05, 0.1) is 11.8 Å². The number of amides is 1. The van der Waals surface area contributed by atoms with Gasteiger partial charge in [-0.3, -0.25) is 9.78 Å². The molecule has 18 heavy (non-hydrogen) atoms. The van der Waals surface area contributed by atoms with Crippen LogP contribution in [0.5, 0.6) is 5.75 Å². The van der Waals surface area contributed by atoms with Crippen LogP contribution < -0.4 is 5.32 Å². The summed E-state index contributed by atoms with van der Waals surface area (Å²) in [6.45, 7) is 0.683. The Morgan fingerprint density at radius 2 is 2.22 bits per heavy atom. The molecule has 1 fully saturated rings. The summed E-state index contributed by atoms with van der Waals surface area (Å²) >= 11 is 1.84. The quantitative estimate of drug-likeness (QED) is 0.877. The second kappa shape index (κ2) is 5.61. The maximum absolute atomic E-state index is 11.9. The summed E-state index contributed by atoms with van der Waals surface area (Å²) in [5.41, 5.74) is 0.407. The molecule has 0 spiro atoms. The molecular formula is C13H18N2O2S. The third kappa shape index (κ3) is 2.96. The summed E-state index contributed by atoms with van der Waals surface area (Å²) in [6.07, 6.45) is 9.69. The van der Waals surface area contributed by atoms with E-state index >= 15 is 0 Å². The molecule has 98 valence electrons. The molecule has 0 saturated heterocycles. The predicted octanol–water partition coefficient (Wildman–Crippen LogP) is 2.19. The van der Waals surface area contributed by atoms with E-state index in [-0.39, 0.29) is 16.4 Å². The first-order valence-corrected chi connectivity index (χ1v) is 7.35. The number of carbonyl (C=O) groups is 1. The normalized spacial score (nSPS) is 17.6. The van der Waals surface area contributed by atoms with Gasteiger partial charge in [-0.2, -0.15) is 11.8 Å². The molecule has 1 aliphatic carbocycles. The number of hydrogen-bond acceptors (Lipinski definition) is 4. The molecule has 0 bridgehead atoms. The number of carbonyl (C=O) groups excluding carboxylic acids is 1. The Balaban J connectivity index is 1.96. The standard InChI is InChI=1S/C13H18N2O2S/c1-18-13(4-2-3-5-13)9-15-12(17)10-6-11(16)8-14-7-10/h6-8,16H,2-5,9H2,1H3,(H,15,17). The number of nitrogens with one attached hydrogen (secondary N) is 1. The molecule has 1 amide bonds. The lowest BCUT2D eigenvalue weighted by molar-refractivity contribution is 0.0949. The van der Waals surface area contributed by atoms with E-state index in [1.54, 1.807) is 0 Å². The second-order valence-electron chi connectivity index (χ2n) is 4.71. The van der Waals surface area contributed by atoms with E-state index in [0.29, 0.717) is 12.1 Å². The number of hydrogen-bond donors (Lipinski definition) is 2. The van der Waals surface area contributed by atoms with E-state index in [2.05, 4.69) is 16.6 Å². The van der Waals surface area contributed by atoms with E-state index in [1.807, 2.05) is 11.8 Å². The van der Waals surface area contributed by atoms with Crippen LogP contribution in [0.25, 0.3) is 0 Å². The van der Waals surface area contributed by atoms with Gasteiger partial charge in [-0.05, 0) is 25.2 Å². The maximum atomic E-state index is 11.9. The van der Waals surface area contributed by atoms with Crippen molar-refractivity contribution in [2.75, 3.05) is 12.8 Å². The minimum Gasteiger partial charge on any atom is -0.506 e. The number of thioether (sulfide) groups is 1. The predicted molar refractivity (Wildman–Crippen MR) is 72.9 cm³/mol. The lowest BCUT2D eigenvalue weighted by Crippen LogP contribution is -2.38. The largest absolute Gasteiger partial charge is 0.506 e. The zero-order valence-electron chi connectivity index (χ0n) is 10.5. The first-order chi connectivity index (χ1) is 8.65. The first kappa shape index (κ1) is 13.2. The third-order valence-electron chi connectivity index (χ3n) is 3.50. The van der Waals surface area contributed by atoms with Gasteiger partial charge in [-0.1, -0.05) is 12.8 Å². The van der Waals surface area contributed by atoms with Gasteiger partial charge in [0.25, 0.3) is 5.91 Å². The Bertz CT molecular complexity index is 431. The fraction of sp³-hybridized carbons (Fsp3) is 0.538. The molecular weight excluding hydrogens is 248 g/mol. The maximum Gasteiger partial charge on any atom is 0.253 e. The van der Waals surface area contributed by atoms with E-state index in [9.17, 15) is 9.90 Å². The lowest BCUT2D eigenvalue weighted by Gasteiger charge is -2.26. The van der Waals surface area contributed by atoms with Gasteiger partial charge in [0.2, 0.25) is 0 Å². The van der Waals surface area contributed by atoms with Crippen molar-refractivity contribution in [2.24, 2.45) is 0 Å². The molecule has 2 N–H and O–H groups in total. The van der Waals surface area contributed by atoms with Crippen LogP contribution in [-0.2, 0) is 0 Å². The van der Waals surface area contributed by atoms with Crippen molar-refractivity contribution in [3.63, 3.8) is 0 Å². The highest BCUT2D eigenvalue weighted by molar-refractivity contribution is 8.00. The fourth-order valence-corrected chi connectivity index (χ4v) is 3.28. The van der Waals surface area contributed by atoms with E-state index < -0.39 is 0 Å². The minimum absolute atomic E-state index is 0.0168. The summed E-state index contributed by atoms with van der Waals surface area (Å²) in [6, 6.07) is 1.43. The van der Waals surface area contributed by atoms with Gasteiger partial charge in [-0.25, -0.2) is 0 Å². The van der Waals surface area contributed by atoms with Gasteiger partial charge in [-0.15, -0.1) is 0 Å². The molecule has 2 rings (SSSR count). The van der Waals surface area contributed by atoms with Crippen molar-refractivity contribution in [2.45, 2.75) is 30.4 Å². The van der Waals surface area contributed by atoms with Crippen LogP contribution in [0, 0.1) is 0 Å². The Hall–Kier alpha value is -1.23. The number of aromatic nitrogens is 1. The average molecular weight is 266 g/mol. The topological polar surface area (TPSA) is 62.2 Å². The van der Waals surface area contributed by atoms with Crippen molar-refractivity contribution in [1.29, 1.82) is 0 Å². The monoisotopic (exact) mass is 266 g/mol. The van der Waals surface area contributed by atoms with Crippen molar-refractivity contribution in [3.05, 3.63) is 24.0 Å². The zero-order valence-corrected chi connectivity index (χ0v) is 11.3. The third-order valence-corrected chi connectivity index (χ3v) is 4.92. The van der Waals surface area contributed by atoms with Gasteiger partial charge >= 0.3 is 0 Å². The molecule has 4 nitrogen and oxygen atoms in total. The summed E-state index contributed by atoms with van der Waals surface area (Å²) in [4.78, 5) is 15.7. The molecule has 0 atom stereocenters. The van der Waals surface area contributed by atoms with Crippen LogP contribution in [0.15, 0.2) is 18.5 Å². The Morgan fingerprint density at radius 1 is 1.50 bits per heavy atom. The van der Waals surface area contributed by atoms with Gasteiger partial charge in [0.15, 0.2) is 0 Å². The van der Waals surface area contributed by atoms with Crippen LogP contribution in [0.1, 0.15) is 36.0 Å². The van der Waals surface area contributed by atoms with Crippen molar-refractivity contribution in [3.8, 4) is 5.75 Å². The summed E-state index contributed by atoms with van der Waals surface area (Å²) < 4.78 is 0.194. The summed E-state index contributed by atoms with van der Waals surface area (Å²) in [7, 11) is 0. The Labute approximate surface area is 111 Å². The molecule has 1 heterocycles. The van der Waals surface area contributed by atoms with Crippen molar-refractivity contribution < 1.29 is 9.90 Å². The summed E-state index contributed by atoms with van der Waals surface area (Å²) in [5.74, 6) is -0.151. The van der Waals surface area contributed by atoms with Crippen LogP contribution >= 0.6 is 11.8 Å². The van der Waals surface area contributed by atoms with Crippen molar-refractivity contribution >= 4 is 17.7 Å². The molecule has 5 heteroatoms. The van der Waals surface area contributed by atoms with E-state index in [4.69, 9.17) is 0 Å². The number of rotatable bonds is 4. The number of pyridine rings is 1. The highest BCUT2D eigenvalue weighted by Crippen LogP contribution is 2.39. The van der Waals surface area contributed by atoms with Gasteiger partial charge in [0, 0.05) is 17.5 Å². The van der Waals surface area contributed by atoms with E-state index in [0.717, 1.165) is 12.8 Å². The second-order valence-corrected chi connectivity index (χ2v) is 5.98. The van der Waals surface area contributed by atoms with E-state index in [1.165, 1.54) is 31.3 Å². The molecule has 1 saturated carbocycles. The zero-order chi connectivity index (χ0) is 13.0. The molecule has 1 aromatic rings. The Kier molecular flexibility index (Phi) is 4.11. The molecule has 0 aliphatic heterocycles. The van der Waals surface area contributed by atoms with Crippen LogP contribution in [0.2, 0.25) is 0 Å². The van der Waals surface area contributed by atoms with Crippen molar-refractivity contribution in [1.82, 2.24) is 10.3 Å². The highest BCUT2D eigenvalue weighted by atomic mass is 32.2.